The molecule has 3 heteroatoms. The highest BCUT2D eigenvalue weighted by atomic mass is 32.1. The van der Waals surface area contributed by atoms with Gasteiger partial charge in [0.2, 0.25) is 0 Å². The molecule has 0 spiro atoms. The minimum Gasteiger partial charge on any atom is -0.319 e. The number of hydrogen-bond donors (Lipinski definition) is 1. The van der Waals surface area contributed by atoms with Crippen molar-refractivity contribution in [1.82, 2.24) is 4.98 Å². The Morgan fingerprint density at radius 2 is 2.25 bits per heavy atom. The number of hydrogen-bond acceptors (Lipinski definition) is 3. The van der Waals surface area contributed by atoms with Crippen molar-refractivity contribution >= 4 is 11.3 Å². The zero-order chi connectivity index (χ0) is 11.8. The van der Waals surface area contributed by atoms with Crippen LogP contribution in [0.5, 0.6) is 0 Å². The van der Waals surface area contributed by atoms with Crippen molar-refractivity contribution < 1.29 is 0 Å². The Balaban J connectivity index is 2.32. The predicted octanol–water partition coefficient (Wildman–Crippen LogP) is 3.39. The summed E-state index contributed by atoms with van der Waals surface area (Å²) in [7, 11) is 0. The van der Waals surface area contributed by atoms with Gasteiger partial charge in [-0.25, -0.2) is 4.98 Å². The molecule has 1 aromatic heterocycles. The molecule has 0 bridgehead atoms. The predicted molar refractivity (Wildman–Crippen MR) is 69.3 cm³/mol. The Kier molecular flexibility index (Phi) is 3.36. The van der Waals surface area contributed by atoms with Crippen molar-refractivity contribution in [1.29, 1.82) is 0 Å². The molecule has 1 saturated carbocycles. The van der Waals surface area contributed by atoms with Crippen molar-refractivity contribution in [2.75, 3.05) is 0 Å². The van der Waals surface area contributed by atoms with E-state index in [1.54, 1.807) is 11.3 Å². The average molecular weight is 238 g/mol. The topological polar surface area (TPSA) is 38.9 Å². The Hall–Kier alpha value is -0.410. The number of rotatable bonds is 2. The van der Waals surface area contributed by atoms with E-state index in [4.69, 9.17) is 5.73 Å². The minimum atomic E-state index is -0.181. The summed E-state index contributed by atoms with van der Waals surface area (Å²) in [6.07, 6.45) is 5.52. The molecule has 1 heterocycles. The average Bonchev–Trinajstić information content (AvgIpc) is 2.69. The van der Waals surface area contributed by atoms with Crippen LogP contribution in [0, 0.1) is 17.8 Å². The summed E-state index contributed by atoms with van der Waals surface area (Å²) < 4.78 is 0. The van der Waals surface area contributed by atoms with Crippen LogP contribution >= 0.6 is 11.3 Å². The molecule has 0 saturated heterocycles. The smallest absolute Gasteiger partial charge is 0.113 e. The second-order valence-corrected chi connectivity index (χ2v) is 6.51. The molecule has 2 N–H and O–H groups in total. The molecule has 0 aromatic carbocycles. The molecule has 0 radical (unpaired) electrons. The van der Waals surface area contributed by atoms with Crippen molar-refractivity contribution in [2.24, 2.45) is 23.5 Å². The Bertz CT molecular complexity index is 334. The van der Waals surface area contributed by atoms with Crippen LogP contribution in [0.2, 0.25) is 0 Å². The van der Waals surface area contributed by atoms with Gasteiger partial charge in [-0.2, -0.15) is 0 Å². The maximum atomic E-state index is 6.71. The van der Waals surface area contributed by atoms with Crippen LogP contribution in [0.1, 0.15) is 45.0 Å². The molecule has 1 aliphatic carbocycles. The fourth-order valence-electron chi connectivity index (χ4n) is 3.18. The van der Waals surface area contributed by atoms with Crippen LogP contribution in [0.15, 0.2) is 11.6 Å². The number of nitrogens with zero attached hydrogens (tertiary/aromatic N) is 1. The summed E-state index contributed by atoms with van der Waals surface area (Å²) >= 11 is 1.72. The fourth-order valence-corrected chi connectivity index (χ4v) is 4.01. The van der Waals surface area contributed by atoms with E-state index in [2.05, 4.69) is 25.8 Å². The number of nitrogens with two attached hydrogens (primary N) is 1. The standard InChI is InChI=1S/C13H22N2S/c1-9(2)11-5-4-10(3)8-13(11,14)12-15-6-7-16-12/h6-7,9-11H,4-5,8,14H2,1-3H3. The Morgan fingerprint density at radius 1 is 1.50 bits per heavy atom. The molecule has 1 aromatic rings. The van der Waals surface area contributed by atoms with Crippen LogP contribution in [-0.2, 0) is 5.54 Å². The summed E-state index contributed by atoms with van der Waals surface area (Å²) in [4.78, 5) is 4.47. The quantitative estimate of drug-likeness (QED) is 0.857. The summed E-state index contributed by atoms with van der Waals surface area (Å²) in [6, 6.07) is 0. The van der Waals surface area contributed by atoms with Gasteiger partial charge in [-0.05, 0) is 30.6 Å². The molecular weight excluding hydrogens is 216 g/mol. The van der Waals surface area contributed by atoms with Gasteiger partial charge in [0.15, 0.2) is 0 Å². The third kappa shape index (κ3) is 2.03. The van der Waals surface area contributed by atoms with Gasteiger partial charge in [0.25, 0.3) is 0 Å². The summed E-state index contributed by atoms with van der Waals surface area (Å²) in [5.74, 6) is 1.94. The lowest BCUT2D eigenvalue weighted by Crippen LogP contribution is -2.50. The molecular formula is C13H22N2S. The second-order valence-electron chi connectivity index (χ2n) is 5.61. The van der Waals surface area contributed by atoms with Crippen molar-refractivity contribution in [3.63, 3.8) is 0 Å². The van der Waals surface area contributed by atoms with E-state index < -0.39 is 0 Å². The van der Waals surface area contributed by atoms with E-state index in [1.807, 2.05) is 11.6 Å². The molecule has 3 unspecified atom stereocenters. The third-order valence-electron chi connectivity index (χ3n) is 3.95. The third-order valence-corrected chi connectivity index (χ3v) is 4.92. The lowest BCUT2D eigenvalue weighted by Gasteiger charge is -2.44. The summed E-state index contributed by atoms with van der Waals surface area (Å²) in [5, 5.41) is 3.18. The first-order valence-electron chi connectivity index (χ1n) is 6.23. The van der Waals surface area contributed by atoms with Crippen LogP contribution in [-0.4, -0.2) is 4.98 Å². The highest BCUT2D eigenvalue weighted by molar-refractivity contribution is 7.09. The van der Waals surface area contributed by atoms with Gasteiger partial charge in [-0.3, -0.25) is 0 Å². The largest absolute Gasteiger partial charge is 0.319 e. The first-order valence-corrected chi connectivity index (χ1v) is 7.11. The monoisotopic (exact) mass is 238 g/mol. The molecule has 0 aliphatic heterocycles. The summed E-state index contributed by atoms with van der Waals surface area (Å²) in [5.41, 5.74) is 6.53. The SMILES string of the molecule is CC1CCC(C(C)C)C(N)(c2nccs2)C1. The molecule has 0 amide bonds. The second kappa shape index (κ2) is 4.46. The zero-order valence-electron chi connectivity index (χ0n) is 10.4. The fraction of sp³-hybridized carbons (Fsp3) is 0.769. The van der Waals surface area contributed by atoms with Gasteiger partial charge in [-0.1, -0.05) is 27.2 Å². The van der Waals surface area contributed by atoms with Gasteiger partial charge in [-0.15, -0.1) is 11.3 Å². The van der Waals surface area contributed by atoms with Gasteiger partial charge in [0.05, 0.1) is 5.54 Å². The van der Waals surface area contributed by atoms with Crippen LogP contribution in [0.25, 0.3) is 0 Å². The van der Waals surface area contributed by atoms with Crippen molar-refractivity contribution in [2.45, 2.75) is 45.6 Å². The molecule has 1 fully saturated rings. The highest BCUT2D eigenvalue weighted by Crippen LogP contribution is 2.45. The van der Waals surface area contributed by atoms with E-state index in [0.29, 0.717) is 11.8 Å². The van der Waals surface area contributed by atoms with Gasteiger partial charge in [0, 0.05) is 11.6 Å². The normalized spacial score (nSPS) is 35.6. The first kappa shape index (κ1) is 12.1. The maximum absolute atomic E-state index is 6.71. The van der Waals surface area contributed by atoms with Gasteiger partial charge < -0.3 is 5.73 Å². The molecule has 90 valence electrons. The molecule has 16 heavy (non-hydrogen) atoms. The van der Waals surface area contributed by atoms with E-state index in [0.717, 1.165) is 17.3 Å². The van der Waals surface area contributed by atoms with Crippen LogP contribution in [0.3, 0.4) is 0 Å². The van der Waals surface area contributed by atoms with E-state index >= 15 is 0 Å². The lowest BCUT2D eigenvalue weighted by atomic mass is 9.66. The number of thiazole rings is 1. The molecule has 2 rings (SSSR count). The Labute approximate surface area is 102 Å². The highest BCUT2D eigenvalue weighted by Gasteiger charge is 2.44. The molecule has 3 atom stereocenters. The van der Waals surface area contributed by atoms with E-state index in [-0.39, 0.29) is 5.54 Å². The first-order chi connectivity index (χ1) is 7.54. The Morgan fingerprint density at radius 3 is 2.81 bits per heavy atom. The van der Waals surface area contributed by atoms with E-state index in [9.17, 15) is 0 Å². The van der Waals surface area contributed by atoms with Crippen LogP contribution in [0.4, 0.5) is 0 Å². The van der Waals surface area contributed by atoms with Gasteiger partial charge >= 0.3 is 0 Å². The van der Waals surface area contributed by atoms with E-state index in [1.165, 1.54) is 12.8 Å². The minimum absolute atomic E-state index is 0.181. The molecule has 2 nitrogen and oxygen atoms in total. The molecule has 1 aliphatic rings. The van der Waals surface area contributed by atoms with Gasteiger partial charge in [0.1, 0.15) is 5.01 Å². The zero-order valence-corrected chi connectivity index (χ0v) is 11.3. The maximum Gasteiger partial charge on any atom is 0.113 e. The lowest BCUT2D eigenvalue weighted by molar-refractivity contribution is 0.108. The van der Waals surface area contributed by atoms with Crippen molar-refractivity contribution in [3.05, 3.63) is 16.6 Å². The van der Waals surface area contributed by atoms with Crippen molar-refractivity contribution in [3.8, 4) is 0 Å². The number of aromatic nitrogens is 1. The summed E-state index contributed by atoms with van der Waals surface area (Å²) in [6.45, 7) is 6.89. The van der Waals surface area contributed by atoms with Crippen LogP contribution < -0.4 is 5.73 Å².